The molecule has 0 aliphatic heterocycles. The highest BCUT2D eigenvalue weighted by Crippen LogP contribution is 2.27. The van der Waals surface area contributed by atoms with Gasteiger partial charge >= 0.3 is 0 Å². The minimum absolute atomic E-state index is 0.486. The third-order valence-corrected chi connectivity index (χ3v) is 4.02. The van der Waals surface area contributed by atoms with Gasteiger partial charge in [-0.3, -0.25) is 0 Å². The number of anilines is 1. The molecule has 19 heavy (non-hydrogen) atoms. The third kappa shape index (κ3) is 4.16. The first kappa shape index (κ1) is 14.3. The molecule has 4 heteroatoms. The zero-order valence-electron chi connectivity index (χ0n) is 12.2. The molecule has 1 aliphatic rings. The van der Waals surface area contributed by atoms with Crippen molar-refractivity contribution >= 4 is 5.82 Å². The monoisotopic (exact) mass is 262 g/mol. The molecule has 1 aromatic rings. The Morgan fingerprint density at radius 1 is 1.32 bits per heavy atom. The lowest BCUT2D eigenvalue weighted by molar-refractivity contribution is 0.328. The van der Waals surface area contributed by atoms with Gasteiger partial charge in [-0.15, -0.1) is 0 Å². The largest absolute Gasteiger partial charge is 0.367 e. The maximum Gasteiger partial charge on any atom is 0.130 e. The Bertz CT molecular complexity index is 399. The van der Waals surface area contributed by atoms with E-state index in [2.05, 4.69) is 22.2 Å². The van der Waals surface area contributed by atoms with Crippen molar-refractivity contribution in [3.63, 3.8) is 0 Å². The van der Waals surface area contributed by atoms with Crippen LogP contribution in [0.3, 0.4) is 0 Å². The normalized spacial score (nSPS) is 18.3. The fourth-order valence-electron chi connectivity index (χ4n) is 2.96. The molecule has 0 bridgehead atoms. The van der Waals surface area contributed by atoms with Crippen molar-refractivity contribution in [2.45, 2.75) is 58.4 Å². The van der Waals surface area contributed by atoms with Crippen molar-refractivity contribution in [2.24, 2.45) is 11.7 Å². The van der Waals surface area contributed by atoms with Gasteiger partial charge in [0.15, 0.2) is 0 Å². The van der Waals surface area contributed by atoms with E-state index in [1.165, 1.54) is 32.1 Å². The van der Waals surface area contributed by atoms with Crippen molar-refractivity contribution in [2.75, 3.05) is 11.9 Å². The predicted octanol–water partition coefficient (Wildman–Crippen LogP) is 2.67. The molecule has 0 amide bonds. The summed E-state index contributed by atoms with van der Waals surface area (Å²) in [5.74, 6) is 2.56. The molecule has 106 valence electrons. The predicted molar refractivity (Wildman–Crippen MR) is 79.2 cm³/mol. The molecule has 3 N–H and O–H groups in total. The highest BCUT2D eigenvalue weighted by atomic mass is 15.0. The maximum absolute atomic E-state index is 5.60. The van der Waals surface area contributed by atoms with Crippen LogP contribution in [0.1, 0.15) is 50.5 Å². The summed E-state index contributed by atoms with van der Waals surface area (Å²) in [5.41, 5.74) is 6.63. The van der Waals surface area contributed by atoms with Crippen LogP contribution < -0.4 is 11.1 Å². The first-order chi connectivity index (χ1) is 9.19. The Balaban J connectivity index is 2.00. The molecular weight excluding hydrogens is 236 g/mol. The topological polar surface area (TPSA) is 63.8 Å². The fraction of sp³-hybridized carbons (Fsp3) is 0.733. The summed E-state index contributed by atoms with van der Waals surface area (Å²) in [6.07, 6.45) is 7.64. The lowest BCUT2D eigenvalue weighted by Gasteiger charge is -2.28. The molecule has 1 aromatic heterocycles. The summed E-state index contributed by atoms with van der Waals surface area (Å²) in [6.45, 7) is 4.85. The first-order valence-corrected chi connectivity index (χ1v) is 7.50. The number of nitrogens with two attached hydrogens (primary N) is 1. The summed E-state index contributed by atoms with van der Waals surface area (Å²) < 4.78 is 0. The standard InChI is InChI=1S/C15H26N4/c1-11(13-6-4-3-5-7-13)17-15-10-14(8-9-16)18-12(2)19-15/h10-11,13H,3-9,16H2,1-2H3,(H,17,18,19)/t11-/m0/s1. The van der Waals surface area contributed by atoms with Crippen molar-refractivity contribution in [3.8, 4) is 0 Å². The molecule has 1 fully saturated rings. The van der Waals surface area contributed by atoms with Crippen LogP contribution >= 0.6 is 0 Å². The number of hydrogen-bond acceptors (Lipinski definition) is 4. The molecular formula is C15H26N4. The number of rotatable bonds is 5. The SMILES string of the molecule is Cc1nc(CCN)cc(N[C@@H](C)C2CCCCC2)n1. The Morgan fingerprint density at radius 2 is 2.05 bits per heavy atom. The molecule has 0 saturated heterocycles. The second kappa shape index (κ2) is 6.85. The van der Waals surface area contributed by atoms with Crippen LogP contribution in [0.5, 0.6) is 0 Å². The summed E-state index contributed by atoms with van der Waals surface area (Å²) in [5, 5.41) is 3.56. The molecule has 1 saturated carbocycles. The van der Waals surface area contributed by atoms with E-state index in [4.69, 9.17) is 5.73 Å². The van der Waals surface area contributed by atoms with Crippen LogP contribution in [-0.2, 0) is 6.42 Å². The minimum Gasteiger partial charge on any atom is -0.367 e. The zero-order chi connectivity index (χ0) is 13.7. The van der Waals surface area contributed by atoms with Gasteiger partial charge in [0.1, 0.15) is 11.6 Å². The molecule has 1 heterocycles. The van der Waals surface area contributed by atoms with Gasteiger partial charge in [-0.2, -0.15) is 0 Å². The lowest BCUT2D eigenvalue weighted by Crippen LogP contribution is -2.28. The van der Waals surface area contributed by atoms with E-state index in [1.807, 2.05) is 13.0 Å². The van der Waals surface area contributed by atoms with Crippen LogP contribution in [0, 0.1) is 12.8 Å². The molecule has 4 nitrogen and oxygen atoms in total. The molecule has 0 aromatic carbocycles. The number of aryl methyl sites for hydroxylation is 1. The minimum atomic E-state index is 0.486. The number of aromatic nitrogens is 2. The third-order valence-electron chi connectivity index (χ3n) is 4.02. The van der Waals surface area contributed by atoms with E-state index < -0.39 is 0 Å². The molecule has 0 spiro atoms. The lowest BCUT2D eigenvalue weighted by atomic mass is 9.84. The van der Waals surface area contributed by atoms with Crippen molar-refractivity contribution in [1.29, 1.82) is 0 Å². The number of hydrogen-bond donors (Lipinski definition) is 2. The van der Waals surface area contributed by atoms with Crippen molar-refractivity contribution < 1.29 is 0 Å². The summed E-state index contributed by atoms with van der Waals surface area (Å²) in [4.78, 5) is 8.90. The Kier molecular flexibility index (Phi) is 5.14. The van der Waals surface area contributed by atoms with E-state index in [0.717, 1.165) is 29.7 Å². The van der Waals surface area contributed by atoms with E-state index in [1.54, 1.807) is 0 Å². The molecule has 1 atom stereocenters. The van der Waals surface area contributed by atoms with E-state index in [9.17, 15) is 0 Å². The number of nitrogens with zero attached hydrogens (tertiary/aromatic N) is 2. The Hall–Kier alpha value is -1.16. The Labute approximate surface area is 116 Å². The molecule has 2 rings (SSSR count). The van der Waals surface area contributed by atoms with Gasteiger partial charge in [-0.1, -0.05) is 19.3 Å². The average Bonchev–Trinajstić information content (AvgIpc) is 2.39. The average molecular weight is 262 g/mol. The van der Waals surface area contributed by atoms with E-state index in [0.29, 0.717) is 12.6 Å². The summed E-state index contributed by atoms with van der Waals surface area (Å²) >= 11 is 0. The van der Waals surface area contributed by atoms with Gasteiger partial charge in [0, 0.05) is 24.2 Å². The molecule has 0 radical (unpaired) electrons. The second-order valence-corrected chi connectivity index (χ2v) is 5.66. The summed E-state index contributed by atoms with van der Waals surface area (Å²) in [7, 11) is 0. The Morgan fingerprint density at radius 3 is 2.74 bits per heavy atom. The van der Waals surface area contributed by atoms with Gasteiger partial charge in [0.05, 0.1) is 0 Å². The second-order valence-electron chi connectivity index (χ2n) is 5.66. The number of nitrogens with one attached hydrogen (secondary N) is 1. The van der Waals surface area contributed by atoms with E-state index >= 15 is 0 Å². The van der Waals surface area contributed by atoms with E-state index in [-0.39, 0.29) is 0 Å². The highest BCUT2D eigenvalue weighted by molar-refractivity contribution is 5.37. The van der Waals surface area contributed by atoms with Gasteiger partial charge in [0.25, 0.3) is 0 Å². The summed E-state index contributed by atoms with van der Waals surface area (Å²) in [6, 6.07) is 2.53. The van der Waals surface area contributed by atoms with Crippen LogP contribution in [0.4, 0.5) is 5.82 Å². The molecule has 0 unspecified atom stereocenters. The van der Waals surface area contributed by atoms with Crippen LogP contribution in [0.2, 0.25) is 0 Å². The van der Waals surface area contributed by atoms with Gasteiger partial charge in [-0.25, -0.2) is 9.97 Å². The van der Waals surface area contributed by atoms with Gasteiger partial charge in [-0.05, 0) is 39.2 Å². The molecule has 1 aliphatic carbocycles. The van der Waals surface area contributed by atoms with Crippen LogP contribution in [0.25, 0.3) is 0 Å². The van der Waals surface area contributed by atoms with Gasteiger partial charge < -0.3 is 11.1 Å². The van der Waals surface area contributed by atoms with Crippen LogP contribution in [0.15, 0.2) is 6.07 Å². The highest BCUT2D eigenvalue weighted by Gasteiger charge is 2.20. The fourth-order valence-corrected chi connectivity index (χ4v) is 2.96. The zero-order valence-corrected chi connectivity index (χ0v) is 12.2. The van der Waals surface area contributed by atoms with Crippen LogP contribution in [-0.4, -0.2) is 22.6 Å². The maximum atomic E-state index is 5.60. The van der Waals surface area contributed by atoms with Gasteiger partial charge in [0.2, 0.25) is 0 Å². The quantitative estimate of drug-likeness (QED) is 0.856. The van der Waals surface area contributed by atoms with Crippen molar-refractivity contribution in [3.05, 3.63) is 17.6 Å². The first-order valence-electron chi connectivity index (χ1n) is 7.50. The smallest absolute Gasteiger partial charge is 0.130 e. The van der Waals surface area contributed by atoms with Crippen molar-refractivity contribution in [1.82, 2.24) is 9.97 Å².